The summed E-state index contributed by atoms with van der Waals surface area (Å²) >= 11 is 0. The van der Waals surface area contributed by atoms with Crippen LogP contribution in [0.3, 0.4) is 0 Å². The van der Waals surface area contributed by atoms with Crippen molar-refractivity contribution in [2.75, 3.05) is 5.43 Å². The summed E-state index contributed by atoms with van der Waals surface area (Å²) in [7, 11) is 0. The molecule has 2 rings (SSSR count). The number of hydrogen-bond acceptors (Lipinski definition) is 4. The van der Waals surface area contributed by atoms with Crippen LogP contribution in [0.4, 0.5) is 10.1 Å². The highest BCUT2D eigenvalue weighted by Gasteiger charge is 1.94. The van der Waals surface area contributed by atoms with Crippen molar-refractivity contribution in [2.45, 2.75) is 0 Å². The third-order valence-corrected chi connectivity index (χ3v) is 2.40. The smallest absolute Gasteiger partial charge is 0.123 e. The minimum Gasteiger partial charge on any atom is -0.545 e. The molecule has 2 aromatic rings. The van der Waals surface area contributed by atoms with E-state index in [4.69, 9.17) is 0 Å². The summed E-state index contributed by atoms with van der Waals surface area (Å²) in [5, 5.41) is 14.5. The zero-order valence-electron chi connectivity index (χ0n) is 9.84. The standard InChI is InChI=1S/C14H11FN2O2/c15-12-5-1-10(2-6-12)9-16-17-13-7-3-11(4-8-13)14(18)19/h1-9,17H,(H,18,19)/p-1/b16-9-. The van der Waals surface area contributed by atoms with E-state index in [0.717, 1.165) is 5.56 Å². The number of hydrazone groups is 1. The molecule has 0 aliphatic carbocycles. The van der Waals surface area contributed by atoms with Gasteiger partial charge in [-0.05, 0) is 35.4 Å². The molecule has 0 amide bonds. The van der Waals surface area contributed by atoms with Gasteiger partial charge in [0.15, 0.2) is 0 Å². The van der Waals surface area contributed by atoms with E-state index < -0.39 is 5.97 Å². The van der Waals surface area contributed by atoms with Crippen molar-refractivity contribution in [3.05, 3.63) is 65.5 Å². The van der Waals surface area contributed by atoms with E-state index >= 15 is 0 Å². The molecule has 1 N–H and O–H groups in total. The molecule has 0 bridgehead atoms. The van der Waals surface area contributed by atoms with Crippen LogP contribution in [0.15, 0.2) is 53.6 Å². The molecule has 0 atom stereocenters. The molecule has 0 spiro atoms. The first-order valence-electron chi connectivity index (χ1n) is 5.51. The number of rotatable bonds is 4. The highest BCUT2D eigenvalue weighted by molar-refractivity contribution is 5.86. The second-order valence-corrected chi connectivity index (χ2v) is 3.79. The van der Waals surface area contributed by atoms with Gasteiger partial charge in [0.25, 0.3) is 0 Å². The van der Waals surface area contributed by atoms with Gasteiger partial charge in [0.2, 0.25) is 0 Å². The largest absolute Gasteiger partial charge is 0.545 e. The number of carboxylic acid groups (broad SMARTS) is 1. The molecule has 0 aromatic heterocycles. The third kappa shape index (κ3) is 3.64. The van der Waals surface area contributed by atoms with Gasteiger partial charge in [-0.25, -0.2) is 4.39 Å². The van der Waals surface area contributed by atoms with Gasteiger partial charge in [0.05, 0.1) is 17.9 Å². The number of carbonyl (C=O) groups is 1. The molecule has 5 heteroatoms. The summed E-state index contributed by atoms with van der Waals surface area (Å²) < 4.78 is 12.7. The van der Waals surface area contributed by atoms with Crippen molar-refractivity contribution >= 4 is 17.9 Å². The number of carboxylic acids is 1. The van der Waals surface area contributed by atoms with Crippen molar-refractivity contribution in [1.82, 2.24) is 0 Å². The fraction of sp³-hybridized carbons (Fsp3) is 0. The highest BCUT2D eigenvalue weighted by Crippen LogP contribution is 2.09. The first kappa shape index (κ1) is 12.8. The molecule has 0 radical (unpaired) electrons. The second-order valence-electron chi connectivity index (χ2n) is 3.79. The van der Waals surface area contributed by atoms with Gasteiger partial charge < -0.3 is 9.90 Å². The summed E-state index contributed by atoms with van der Waals surface area (Å²) in [6, 6.07) is 11.9. The predicted molar refractivity (Wildman–Crippen MR) is 68.4 cm³/mol. The van der Waals surface area contributed by atoms with Crippen LogP contribution in [0.2, 0.25) is 0 Å². The Balaban J connectivity index is 1.98. The van der Waals surface area contributed by atoms with Gasteiger partial charge in [-0.1, -0.05) is 24.3 Å². The summed E-state index contributed by atoms with van der Waals surface area (Å²) in [4.78, 5) is 10.5. The number of anilines is 1. The Labute approximate surface area is 109 Å². The van der Waals surface area contributed by atoms with E-state index in [0.29, 0.717) is 5.69 Å². The van der Waals surface area contributed by atoms with Gasteiger partial charge in [0, 0.05) is 0 Å². The first-order valence-corrected chi connectivity index (χ1v) is 5.51. The maximum atomic E-state index is 12.7. The number of carbonyl (C=O) groups excluding carboxylic acids is 1. The average molecular weight is 257 g/mol. The summed E-state index contributed by atoms with van der Waals surface area (Å²) in [6.45, 7) is 0. The number of benzene rings is 2. The Kier molecular flexibility index (Phi) is 3.87. The predicted octanol–water partition coefficient (Wildman–Crippen LogP) is 1.64. The van der Waals surface area contributed by atoms with Crippen molar-refractivity contribution < 1.29 is 14.3 Å². The lowest BCUT2D eigenvalue weighted by Gasteiger charge is -2.03. The summed E-state index contributed by atoms with van der Waals surface area (Å²) in [5.74, 6) is -1.52. The molecule has 0 aliphatic heterocycles. The van der Waals surface area contributed by atoms with Crippen LogP contribution in [0.1, 0.15) is 15.9 Å². The Morgan fingerprint density at radius 2 is 1.74 bits per heavy atom. The molecule has 19 heavy (non-hydrogen) atoms. The van der Waals surface area contributed by atoms with Crippen LogP contribution in [0, 0.1) is 5.82 Å². The quantitative estimate of drug-likeness (QED) is 0.669. The Morgan fingerprint density at radius 1 is 1.11 bits per heavy atom. The SMILES string of the molecule is O=C([O-])c1ccc(N/N=C\c2ccc(F)cc2)cc1. The molecule has 0 fully saturated rings. The van der Waals surface area contributed by atoms with Crippen LogP contribution in [0.25, 0.3) is 0 Å². The van der Waals surface area contributed by atoms with Crippen molar-refractivity contribution in [3.63, 3.8) is 0 Å². The third-order valence-electron chi connectivity index (χ3n) is 2.40. The molecule has 4 nitrogen and oxygen atoms in total. The van der Waals surface area contributed by atoms with Crippen LogP contribution >= 0.6 is 0 Å². The molecule has 0 unspecified atom stereocenters. The number of nitrogens with zero attached hydrogens (tertiary/aromatic N) is 1. The zero-order valence-corrected chi connectivity index (χ0v) is 9.84. The minimum atomic E-state index is -1.22. The van der Waals surface area contributed by atoms with E-state index in [2.05, 4.69) is 10.5 Å². The zero-order chi connectivity index (χ0) is 13.7. The van der Waals surface area contributed by atoms with Crippen molar-refractivity contribution in [2.24, 2.45) is 5.10 Å². The van der Waals surface area contributed by atoms with E-state index in [1.807, 2.05) is 0 Å². The lowest BCUT2D eigenvalue weighted by atomic mass is 10.2. The van der Waals surface area contributed by atoms with Crippen LogP contribution < -0.4 is 10.5 Å². The summed E-state index contributed by atoms with van der Waals surface area (Å²) in [5.41, 5.74) is 4.23. The first-order chi connectivity index (χ1) is 9.15. The normalized spacial score (nSPS) is 10.6. The lowest BCUT2D eigenvalue weighted by Crippen LogP contribution is -2.21. The number of nitrogens with one attached hydrogen (secondary N) is 1. The van der Waals surface area contributed by atoms with Crippen molar-refractivity contribution in [1.29, 1.82) is 0 Å². The lowest BCUT2D eigenvalue weighted by molar-refractivity contribution is -0.255. The number of halogens is 1. The van der Waals surface area contributed by atoms with E-state index in [9.17, 15) is 14.3 Å². The van der Waals surface area contributed by atoms with Crippen LogP contribution in [0.5, 0.6) is 0 Å². The molecule has 0 heterocycles. The van der Waals surface area contributed by atoms with Gasteiger partial charge in [-0.3, -0.25) is 5.43 Å². The highest BCUT2D eigenvalue weighted by atomic mass is 19.1. The van der Waals surface area contributed by atoms with Gasteiger partial charge >= 0.3 is 0 Å². The maximum Gasteiger partial charge on any atom is 0.123 e. The molecule has 0 aliphatic rings. The molecular weight excluding hydrogens is 247 g/mol. The minimum absolute atomic E-state index is 0.105. The molecule has 2 aromatic carbocycles. The van der Waals surface area contributed by atoms with Crippen LogP contribution in [-0.4, -0.2) is 12.2 Å². The molecular formula is C14H10FN2O2-. The van der Waals surface area contributed by atoms with E-state index in [1.165, 1.54) is 30.5 Å². The fourth-order valence-corrected chi connectivity index (χ4v) is 1.41. The Morgan fingerprint density at radius 3 is 2.32 bits per heavy atom. The van der Waals surface area contributed by atoms with E-state index in [-0.39, 0.29) is 11.4 Å². The van der Waals surface area contributed by atoms with Crippen molar-refractivity contribution in [3.8, 4) is 0 Å². The van der Waals surface area contributed by atoms with Gasteiger partial charge in [-0.2, -0.15) is 5.10 Å². The molecule has 0 saturated heterocycles. The molecule has 96 valence electrons. The van der Waals surface area contributed by atoms with Gasteiger partial charge in [0.1, 0.15) is 5.82 Å². The van der Waals surface area contributed by atoms with Gasteiger partial charge in [-0.15, -0.1) is 0 Å². The summed E-state index contributed by atoms with van der Waals surface area (Å²) in [6.07, 6.45) is 1.53. The average Bonchev–Trinajstić information content (AvgIpc) is 2.41. The Bertz CT molecular complexity index is 592. The number of aromatic carboxylic acids is 1. The number of hydrogen-bond donors (Lipinski definition) is 1. The maximum absolute atomic E-state index is 12.7. The topological polar surface area (TPSA) is 64.5 Å². The molecule has 0 saturated carbocycles. The second kappa shape index (κ2) is 5.77. The van der Waals surface area contributed by atoms with E-state index in [1.54, 1.807) is 24.3 Å². The fourth-order valence-electron chi connectivity index (χ4n) is 1.41. The van der Waals surface area contributed by atoms with Crippen LogP contribution in [-0.2, 0) is 0 Å². The monoisotopic (exact) mass is 257 g/mol. The Hall–Kier alpha value is -2.69.